The first-order valence-corrected chi connectivity index (χ1v) is 4.75. The third kappa shape index (κ3) is 2.02. The number of hydrogen-bond acceptors (Lipinski definition) is 4. The van der Waals surface area contributed by atoms with E-state index in [4.69, 9.17) is 0 Å². The SMILES string of the molecule is CNCc1ccnc(-c2nccn2C)n1. The monoisotopic (exact) mass is 203 g/mol. The zero-order valence-corrected chi connectivity index (χ0v) is 8.81. The average molecular weight is 203 g/mol. The van der Waals surface area contributed by atoms with Gasteiger partial charge in [-0.2, -0.15) is 0 Å². The Balaban J connectivity index is 2.37. The summed E-state index contributed by atoms with van der Waals surface area (Å²) in [5.74, 6) is 1.45. The quantitative estimate of drug-likeness (QED) is 0.793. The molecule has 0 atom stereocenters. The summed E-state index contributed by atoms with van der Waals surface area (Å²) in [5.41, 5.74) is 0.963. The van der Waals surface area contributed by atoms with Crippen LogP contribution in [0, 0.1) is 0 Å². The van der Waals surface area contributed by atoms with Crippen molar-refractivity contribution in [1.82, 2.24) is 24.8 Å². The Bertz CT molecular complexity index is 449. The molecule has 15 heavy (non-hydrogen) atoms. The Morgan fingerprint density at radius 2 is 2.20 bits per heavy atom. The van der Waals surface area contributed by atoms with Gasteiger partial charge in [0.05, 0.1) is 5.69 Å². The van der Waals surface area contributed by atoms with Crippen LogP contribution in [0.2, 0.25) is 0 Å². The predicted octanol–water partition coefficient (Wildman–Crippen LogP) is 0.596. The number of imidazole rings is 1. The number of nitrogens with zero attached hydrogens (tertiary/aromatic N) is 4. The average Bonchev–Trinajstić information content (AvgIpc) is 2.65. The molecule has 78 valence electrons. The van der Waals surface area contributed by atoms with Crippen LogP contribution in [0.25, 0.3) is 11.6 Å². The molecule has 2 aromatic heterocycles. The molecule has 1 N–H and O–H groups in total. The first-order chi connectivity index (χ1) is 7.31. The van der Waals surface area contributed by atoms with Crippen LogP contribution in [-0.4, -0.2) is 26.6 Å². The van der Waals surface area contributed by atoms with Gasteiger partial charge in [0, 0.05) is 32.2 Å². The molecule has 0 aromatic carbocycles. The van der Waals surface area contributed by atoms with Gasteiger partial charge >= 0.3 is 0 Å². The van der Waals surface area contributed by atoms with Gasteiger partial charge in [0.2, 0.25) is 0 Å². The molecule has 5 nitrogen and oxygen atoms in total. The lowest BCUT2D eigenvalue weighted by molar-refractivity contribution is 0.784. The molecule has 0 saturated heterocycles. The van der Waals surface area contributed by atoms with E-state index in [1.54, 1.807) is 12.4 Å². The van der Waals surface area contributed by atoms with Crippen molar-refractivity contribution in [2.24, 2.45) is 7.05 Å². The van der Waals surface area contributed by atoms with Crippen molar-refractivity contribution >= 4 is 0 Å². The normalized spacial score (nSPS) is 10.5. The van der Waals surface area contributed by atoms with Crippen molar-refractivity contribution < 1.29 is 0 Å². The van der Waals surface area contributed by atoms with Gasteiger partial charge < -0.3 is 9.88 Å². The number of hydrogen-bond donors (Lipinski definition) is 1. The van der Waals surface area contributed by atoms with Crippen LogP contribution < -0.4 is 5.32 Å². The number of aromatic nitrogens is 4. The molecule has 2 rings (SSSR count). The van der Waals surface area contributed by atoms with E-state index in [1.807, 2.05) is 30.9 Å². The molecule has 0 spiro atoms. The molecule has 0 unspecified atom stereocenters. The van der Waals surface area contributed by atoms with E-state index in [-0.39, 0.29) is 0 Å². The minimum atomic E-state index is 0.662. The van der Waals surface area contributed by atoms with Gasteiger partial charge in [-0.15, -0.1) is 0 Å². The smallest absolute Gasteiger partial charge is 0.196 e. The standard InChI is InChI=1S/C10H13N5/c1-11-7-8-3-4-12-9(14-8)10-13-5-6-15(10)2/h3-6,11H,7H2,1-2H3. The maximum absolute atomic E-state index is 4.41. The van der Waals surface area contributed by atoms with Gasteiger partial charge in [0.1, 0.15) is 0 Å². The molecule has 2 heterocycles. The van der Waals surface area contributed by atoms with Crippen LogP contribution in [0.3, 0.4) is 0 Å². The van der Waals surface area contributed by atoms with Crippen molar-refractivity contribution in [2.75, 3.05) is 7.05 Å². The van der Waals surface area contributed by atoms with Crippen molar-refractivity contribution in [3.05, 3.63) is 30.4 Å². The zero-order valence-electron chi connectivity index (χ0n) is 8.81. The van der Waals surface area contributed by atoms with E-state index in [2.05, 4.69) is 20.3 Å². The Hall–Kier alpha value is -1.75. The Morgan fingerprint density at radius 1 is 1.33 bits per heavy atom. The summed E-state index contributed by atoms with van der Waals surface area (Å²) in [6.45, 7) is 0.736. The van der Waals surface area contributed by atoms with Crippen LogP contribution in [-0.2, 0) is 13.6 Å². The van der Waals surface area contributed by atoms with Gasteiger partial charge in [0.25, 0.3) is 0 Å². The summed E-state index contributed by atoms with van der Waals surface area (Å²) >= 11 is 0. The summed E-state index contributed by atoms with van der Waals surface area (Å²) in [6.07, 6.45) is 5.37. The van der Waals surface area contributed by atoms with E-state index in [1.165, 1.54) is 0 Å². The molecule has 0 saturated carbocycles. The molecule has 0 aliphatic rings. The van der Waals surface area contributed by atoms with E-state index >= 15 is 0 Å². The van der Waals surface area contributed by atoms with Crippen LogP contribution >= 0.6 is 0 Å². The van der Waals surface area contributed by atoms with E-state index < -0.39 is 0 Å². The molecule has 0 radical (unpaired) electrons. The highest BCUT2D eigenvalue weighted by atomic mass is 15.1. The summed E-state index contributed by atoms with van der Waals surface area (Å²) in [7, 11) is 3.82. The second-order valence-corrected chi connectivity index (χ2v) is 3.26. The Labute approximate surface area is 88.2 Å². The molecular formula is C10H13N5. The fourth-order valence-corrected chi connectivity index (χ4v) is 1.36. The van der Waals surface area contributed by atoms with Crippen molar-refractivity contribution in [3.63, 3.8) is 0 Å². The molecule has 0 aliphatic carbocycles. The fourth-order valence-electron chi connectivity index (χ4n) is 1.36. The third-order valence-electron chi connectivity index (χ3n) is 2.09. The van der Waals surface area contributed by atoms with Gasteiger partial charge in [-0.05, 0) is 13.1 Å². The van der Waals surface area contributed by atoms with E-state index in [0.717, 1.165) is 18.1 Å². The lowest BCUT2D eigenvalue weighted by Gasteiger charge is -2.02. The maximum Gasteiger partial charge on any atom is 0.196 e. The lowest BCUT2D eigenvalue weighted by Crippen LogP contribution is -2.08. The number of nitrogens with one attached hydrogen (secondary N) is 1. The molecule has 0 amide bonds. The summed E-state index contributed by atoms with van der Waals surface area (Å²) in [4.78, 5) is 12.8. The summed E-state index contributed by atoms with van der Waals surface area (Å²) in [6, 6.07) is 1.89. The second kappa shape index (κ2) is 4.18. The number of aryl methyl sites for hydroxylation is 1. The largest absolute Gasteiger partial charge is 0.331 e. The van der Waals surface area contributed by atoms with Crippen molar-refractivity contribution in [2.45, 2.75) is 6.54 Å². The van der Waals surface area contributed by atoms with E-state index in [0.29, 0.717) is 5.82 Å². The Kier molecular flexibility index (Phi) is 2.73. The summed E-state index contributed by atoms with van der Waals surface area (Å²) < 4.78 is 1.90. The summed E-state index contributed by atoms with van der Waals surface area (Å²) in [5, 5.41) is 3.05. The zero-order chi connectivity index (χ0) is 10.7. The Morgan fingerprint density at radius 3 is 2.87 bits per heavy atom. The second-order valence-electron chi connectivity index (χ2n) is 3.26. The number of rotatable bonds is 3. The molecular weight excluding hydrogens is 190 g/mol. The molecule has 5 heteroatoms. The predicted molar refractivity (Wildman–Crippen MR) is 57.0 cm³/mol. The highest BCUT2D eigenvalue weighted by molar-refractivity contribution is 5.43. The lowest BCUT2D eigenvalue weighted by atomic mass is 10.4. The van der Waals surface area contributed by atoms with Crippen LogP contribution in [0.5, 0.6) is 0 Å². The van der Waals surface area contributed by atoms with Crippen LogP contribution in [0.1, 0.15) is 5.69 Å². The van der Waals surface area contributed by atoms with E-state index in [9.17, 15) is 0 Å². The third-order valence-corrected chi connectivity index (χ3v) is 2.09. The molecule has 0 bridgehead atoms. The molecule has 0 aliphatic heterocycles. The van der Waals surface area contributed by atoms with Crippen LogP contribution in [0.15, 0.2) is 24.7 Å². The maximum atomic E-state index is 4.41. The van der Waals surface area contributed by atoms with Crippen molar-refractivity contribution in [1.29, 1.82) is 0 Å². The fraction of sp³-hybridized carbons (Fsp3) is 0.300. The minimum Gasteiger partial charge on any atom is -0.331 e. The molecule has 2 aromatic rings. The minimum absolute atomic E-state index is 0.662. The van der Waals surface area contributed by atoms with Crippen molar-refractivity contribution in [3.8, 4) is 11.6 Å². The van der Waals surface area contributed by atoms with Gasteiger partial charge in [0.15, 0.2) is 11.6 Å². The highest BCUT2D eigenvalue weighted by Gasteiger charge is 2.06. The van der Waals surface area contributed by atoms with Crippen LogP contribution in [0.4, 0.5) is 0 Å². The first-order valence-electron chi connectivity index (χ1n) is 4.75. The topological polar surface area (TPSA) is 55.6 Å². The van der Waals surface area contributed by atoms with Gasteiger partial charge in [-0.25, -0.2) is 15.0 Å². The van der Waals surface area contributed by atoms with Gasteiger partial charge in [-0.3, -0.25) is 0 Å². The first kappa shape index (κ1) is 9.79. The molecule has 0 fully saturated rings. The van der Waals surface area contributed by atoms with Gasteiger partial charge in [-0.1, -0.05) is 0 Å². The highest BCUT2D eigenvalue weighted by Crippen LogP contribution is 2.10.